The largest absolute Gasteiger partial charge is 0.378 e. The van der Waals surface area contributed by atoms with Crippen LogP contribution in [-0.4, -0.2) is 74.6 Å². The van der Waals surface area contributed by atoms with E-state index in [1.807, 2.05) is 49.1 Å². The van der Waals surface area contributed by atoms with Gasteiger partial charge >= 0.3 is 0 Å². The normalized spacial score (nSPS) is 15.2. The summed E-state index contributed by atoms with van der Waals surface area (Å²) in [6.07, 6.45) is 3.19. The minimum Gasteiger partial charge on any atom is -0.378 e. The topological polar surface area (TPSA) is 92.1 Å². The molecule has 3 heterocycles. The molecule has 1 aliphatic rings. The molecule has 9 nitrogen and oxygen atoms in total. The van der Waals surface area contributed by atoms with Crippen LogP contribution >= 0.6 is 0 Å². The summed E-state index contributed by atoms with van der Waals surface area (Å²) in [6.45, 7) is 3.93. The molecule has 1 saturated heterocycles. The zero-order valence-electron chi connectivity index (χ0n) is 18.1. The second kappa shape index (κ2) is 8.91. The number of fused-ring (bicyclic) bond motifs is 1. The van der Waals surface area contributed by atoms with E-state index >= 15 is 0 Å². The Morgan fingerprint density at radius 2 is 1.94 bits per heavy atom. The van der Waals surface area contributed by atoms with E-state index in [2.05, 4.69) is 20.6 Å². The summed E-state index contributed by atoms with van der Waals surface area (Å²) in [4.78, 5) is 9.28. The van der Waals surface area contributed by atoms with Crippen LogP contribution in [-0.2, 0) is 27.8 Å². The van der Waals surface area contributed by atoms with E-state index in [9.17, 15) is 8.42 Å². The molecule has 4 rings (SSSR count). The van der Waals surface area contributed by atoms with Gasteiger partial charge < -0.3 is 14.5 Å². The number of sulfonamides is 1. The van der Waals surface area contributed by atoms with Crippen molar-refractivity contribution in [1.82, 2.24) is 24.2 Å². The number of hydrogen-bond donors (Lipinski definition) is 1. The number of nitrogens with zero attached hydrogens (tertiary/aromatic N) is 5. The van der Waals surface area contributed by atoms with Crippen molar-refractivity contribution < 1.29 is 13.2 Å². The average Bonchev–Trinajstić information content (AvgIpc) is 3.13. The van der Waals surface area contributed by atoms with Crippen molar-refractivity contribution in [3.8, 4) is 11.4 Å². The standard InChI is InChI=1S/C21H28N6O3S/c1-25(2)14-17-12-19-21(26-7-9-30-10-8-26)23-20(24-27(19)15-17)18-6-4-5-16(11-18)13-22-31(3,28)29/h4-6,11-12,15,22H,7-10,13-14H2,1-3H3. The van der Waals surface area contributed by atoms with E-state index in [1.54, 1.807) is 0 Å². The monoisotopic (exact) mass is 444 g/mol. The predicted molar refractivity (Wildman–Crippen MR) is 121 cm³/mol. The Labute approximate surface area is 182 Å². The van der Waals surface area contributed by atoms with Crippen LogP contribution < -0.4 is 9.62 Å². The van der Waals surface area contributed by atoms with Crippen LogP contribution in [0.15, 0.2) is 36.5 Å². The highest BCUT2D eigenvalue weighted by Gasteiger charge is 2.19. The van der Waals surface area contributed by atoms with Gasteiger partial charge in [-0.2, -0.15) is 0 Å². The lowest BCUT2D eigenvalue weighted by molar-refractivity contribution is 0.122. The van der Waals surface area contributed by atoms with Crippen LogP contribution in [0.1, 0.15) is 11.1 Å². The third-order valence-electron chi connectivity index (χ3n) is 5.03. The van der Waals surface area contributed by atoms with E-state index in [-0.39, 0.29) is 6.54 Å². The van der Waals surface area contributed by atoms with Gasteiger partial charge in [-0.15, -0.1) is 5.10 Å². The highest BCUT2D eigenvalue weighted by molar-refractivity contribution is 7.88. The molecule has 166 valence electrons. The molecule has 0 bridgehead atoms. The summed E-state index contributed by atoms with van der Waals surface area (Å²) >= 11 is 0. The van der Waals surface area contributed by atoms with Gasteiger partial charge in [-0.25, -0.2) is 22.6 Å². The summed E-state index contributed by atoms with van der Waals surface area (Å²) < 4.78 is 32.8. The lowest BCUT2D eigenvalue weighted by Crippen LogP contribution is -2.37. The van der Waals surface area contributed by atoms with E-state index in [0.717, 1.165) is 53.9 Å². The smallest absolute Gasteiger partial charge is 0.209 e. The zero-order valence-corrected chi connectivity index (χ0v) is 18.9. The number of morpholine rings is 1. The Kier molecular flexibility index (Phi) is 6.24. The third-order valence-corrected chi connectivity index (χ3v) is 5.70. The fourth-order valence-electron chi connectivity index (χ4n) is 3.65. The highest BCUT2D eigenvalue weighted by atomic mass is 32.2. The number of nitrogens with one attached hydrogen (secondary N) is 1. The van der Waals surface area contributed by atoms with Crippen LogP contribution in [0.5, 0.6) is 0 Å². The van der Waals surface area contributed by atoms with Gasteiger partial charge in [0.25, 0.3) is 0 Å². The van der Waals surface area contributed by atoms with Crippen molar-refractivity contribution in [2.45, 2.75) is 13.1 Å². The summed E-state index contributed by atoms with van der Waals surface area (Å²) in [6, 6.07) is 9.78. The third kappa shape index (κ3) is 5.40. The van der Waals surface area contributed by atoms with E-state index in [1.165, 1.54) is 0 Å². The van der Waals surface area contributed by atoms with Crippen molar-refractivity contribution in [3.05, 3.63) is 47.7 Å². The van der Waals surface area contributed by atoms with Crippen LogP contribution in [0.2, 0.25) is 0 Å². The zero-order chi connectivity index (χ0) is 22.0. The van der Waals surface area contributed by atoms with Crippen molar-refractivity contribution in [1.29, 1.82) is 0 Å². The maximum atomic E-state index is 11.4. The van der Waals surface area contributed by atoms with Crippen LogP contribution in [0.25, 0.3) is 16.9 Å². The molecule has 0 atom stereocenters. The summed E-state index contributed by atoms with van der Waals surface area (Å²) in [5.41, 5.74) is 3.82. The maximum absolute atomic E-state index is 11.4. The van der Waals surface area contributed by atoms with Crippen molar-refractivity contribution in [2.24, 2.45) is 0 Å². The van der Waals surface area contributed by atoms with E-state index in [4.69, 9.17) is 14.8 Å². The minimum atomic E-state index is -3.26. The van der Waals surface area contributed by atoms with Crippen LogP contribution in [0.4, 0.5) is 5.82 Å². The number of rotatable bonds is 7. The number of ether oxygens (including phenoxy) is 1. The molecule has 3 aromatic rings. The van der Waals surface area contributed by atoms with Crippen LogP contribution in [0.3, 0.4) is 0 Å². The molecule has 0 saturated carbocycles. The molecule has 1 aromatic carbocycles. The molecule has 1 fully saturated rings. The molecule has 2 aromatic heterocycles. The summed E-state index contributed by atoms with van der Waals surface area (Å²) in [5.74, 6) is 1.49. The number of hydrogen-bond acceptors (Lipinski definition) is 7. The van der Waals surface area contributed by atoms with Gasteiger partial charge in [0, 0.05) is 37.9 Å². The lowest BCUT2D eigenvalue weighted by Gasteiger charge is -2.28. The Hall–Kier alpha value is -2.53. The lowest BCUT2D eigenvalue weighted by atomic mass is 10.1. The number of aromatic nitrogens is 3. The summed E-state index contributed by atoms with van der Waals surface area (Å²) in [5, 5.41) is 4.77. The van der Waals surface area contributed by atoms with Crippen molar-refractivity contribution >= 4 is 21.4 Å². The molecule has 0 amide bonds. The van der Waals surface area contributed by atoms with Gasteiger partial charge in [-0.05, 0) is 37.4 Å². The molecule has 0 radical (unpaired) electrons. The number of benzene rings is 1. The maximum Gasteiger partial charge on any atom is 0.209 e. The average molecular weight is 445 g/mol. The Balaban J connectivity index is 1.75. The predicted octanol–water partition coefficient (Wildman–Crippen LogP) is 1.34. The molecular formula is C21H28N6O3S. The Morgan fingerprint density at radius 1 is 1.16 bits per heavy atom. The fourth-order valence-corrected chi connectivity index (χ4v) is 4.08. The highest BCUT2D eigenvalue weighted by Crippen LogP contribution is 2.26. The molecule has 31 heavy (non-hydrogen) atoms. The van der Waals surface area contributed by atoms with Gasteiger partial charge in [0.2, 0.25) is 10.0 Å². The molecule has 0 spiro atoms. The van der Waals surface area contributed by atoms with Gasteiger partial charge in [0.15, 0.2) is 11.6 Å². The molecule has 0 unspecified atom stereocenters. The van der Waals surface area contributed by atoms with Crippen molar-refractivity contribution in [2.75, 3.05) is 51.6 Å². The van der Waals surface area contributed by atoms with Gasteiger partial charge in [0.05, 0.1) is 19.5 Å². The molecule has 0 aliphatic carbocycles. The first-order chi connectivity index (χ1) is 14.8. The van der Waals surface area contributed by atoms with E-state index in [0.29, 0.717) is 19.0 Å². The second-order valence-corrected chi connectivity index (χ2v) is 9.90. The fraction of sp³-hybridized carbons (Fsp3) is 0.429. The first-order valence-corrected chi connectivity index (χ1v) is 12.1. The molecular weight excluding hydrogens is 416 g/mol. The van der Waals surface area contributed by atoms with Gasteiger partial charge in [0.1, 0.15) is 5.52 Å². The second-order valence-electron chi connectivity index (χ2n) is 8.07. The molecule has 1 N–H and O–H groups in total. The Morgan fingerprint density at radius 3 is 2.65 bits per heavy atom. The van der Waals surface area contributed by atoms with Gasteiger partial charge in [-0.3, -0.25) is 0 Å². The van der Waals surface area contributed by atoms with Crippen LogP contribution in [0, 0.1) is 0 Å². The van der Waals surface area contributed by atoms with Gasteiger partial charge in [-0.1, -0.05) is 18.2 Å². The number of anilines is 1. The molecule has 1 aliphatic heterocycles. The first kappa shape index (κ1) is 21.7. The van der Waals surface area contributed by atoms with Crippen molar-refractivity contribution in [3.63, 3.8) is 0 Å². The molecule has 10 heteroatoms. The summed E-state index contributed by atoms with van der Waals surface area (Å²) in [7, 11) is 0.815. The quantitative estimate of drug-likeness (QED) is 0.588. The first-order valence-electron chi connectivity index (χ1n) is 10.2. The minimum absolute atomic E-state index is 0.224. The van der Waals surface area contributed by atoms with E-state index < -0.39 is 10.0 Å². The SMILES string of the molecule is CN(C)Cc1cc2c(N3CCOCC3)nc(-c3cccc(CNS(C)(=O)=O)c3)nn2c1. The Bertz CT molecular complexity index is 1170.